The summed E-state index contributed by atoms with van der Waals surface area (Å²) in [4.78, 5) is 0. The van der Waals surface area contributed by atoms with E-state index in [1.54, 1.807) is 12.1 Å². The number of rotatable bonds is 3. The van der Waals surface area contributed by atoms with Crippen LogP contribution in [0, 0.1) is 0 Å². The van der Waals surface area contributed by atoms with E-state index in [0.29, 0.717) is 5.75 Å². The normalized spacial score (nSPS) is 19.2. The summed E-state index contributed by atoms with van der Waals surface area (Å²) in [6.07, 6.45) is 5.30. The molecule has 1 saturated carbocycles. The monoisotopic (exact) mass is 255 g/mol. The Bertz CT molecular complexity index is 487. The molecule has 4 nitrogen and oxygen atoms in total. The van der Waals surface area contributed by atoms with Gasteiger partial charge in [-0.25, -0.2) is 0 Å². The lowest BCUT2D eigenvalue weighted by molar-refractivity contribution is 0.460. The van der Waals surface area contributed by atoms with Crippen molar-refractivity contribution < 1.29 is 12.6 Å². The van der Waals surface area contributed by atoms with E-state index in [-0.39, 0.29) is 5.54 Å². The second-order valence-corrected chi connectivity index (χ2v) is 6.25. The number of hydrogen-bond donors (Lipinski definition) is 1. The topological polar surface area (TPSA) is 69.4 Å². The summed E-state index contributed by atoms with van der Waals surface area (Å²) in [7, 11) is -3.46. The van der Waals surface area contributed by atoms with Crippen LogP contribution in [0.3, 0.4) is 0 Å². The molecule has 0 unspecified atom stereocenters. The van der Waals surface area contributed by atoms with Crippen molar-refractivity contribution in [2.75, 3.05) is 6.26 Å². The molecule has 1 aromatic rings. The zero-order valence-corrected chi connectivity index (χ0v) is 10.7. The van der Waals surface area contributed by atoms with Crippen LogP contribution in [0.2, 0.25) is 0 Å². The summed E-state index contributed by atoms with van der Waals surface area (Å²) in [5.41, 5.74) is 7.10. The molecular formula is C12H17NO3S. The van der Waals surface area contributed by atoms with E-state index in [1.807, 2.05) is 12.1 Å². The molecule has 0 bridgehead atoms. The largest absolute Gasteiger partial charge is 0.383 e. The molecule has 0 aromatic heterocycles. The average Bonchev–Trinajstić information content (AvgIpc) is 2.65. The van der Waals surface area contributed by atoms with Crippen molar-refractivity contribution in [2.45, 2.75) is 31.2 Å². The molecule has 2 rings (SSSR count). The van der Waals surface area contributed by atoms with Gasteiger partial charge < -0.3 is 9.92 Å². The molecule has 1 fully saturated rings. The molecule has 0 heterocycles. The molecule has 0 aliphatic heterocycles. The van der Waals surface area contributed by atoms with Gasteiger partial charge in [-0.15, -0.1) is 0 Å². The zero-order chi connectivity index (χ0) is 12.5. The van der Waals surface area contributed by atoms with E-state index >= 15 is 0 Å². The highest BCUT2D eigenvalue weighted by Gasteiger charge is 2.30. The van der Waals surface area contributed by atoms with Crippen LogP contribution < -0.4 is 9.92 Å². The predicted molar refractivity (Wildman–Crippen MR) is 66.2 cm³/mol. The third-order valence-electron chi connectivity index (χ3n) is 3.17. The van der Waals surface area contributed by atoms with Crippen LogP contribution in [0.4, 0.5) is 0 Å². The maximum absolute atomic E-state index is 11.0. The molecule has 1 aliphatic carbocycles. The van der Waals surface area contributed by atoms with Gasteiger partial charge in [-0.2, -0.15) is 8.42 Å². The first-order valence-corrected chi connectivity index (χ1v) is 7.50. The molecule has 5 heteroatoms. The van der Waals surface area contributed by atoms with Crippen molar-refractivity contribution in [2.24, 2.45) is 5.73 Å². The fourth-order valence-electron chi connectivity index (χ4n) is 2.31. The van der Waals surface area contributed by atoms with E-state index in [9.17, 15) is 8.42 Å². The van der Waals surface area contributed by atoms with Crippen molar-refractivity contribution >= 4 is 10.1 Å². The molecular weight excluding hydrogens is 238 g/mol. The summed E-state index contributed by atoms with van der Waals surface area (Å²) in [5, 5.41) is 0. The number of hydrogen-bond acceptors (Lipinski definition) is 4. The smallest absolute Gasteiger partial charge is 0.306 e. The minimum Gasteiger partial charge on any atom is -0.383 e. The van der Waals surface area contributed by atoms with Crippen LogP contribution >= 0.6 is 0 Å². The molecule has 1 aromatic carbocycles. The quantitative estimate of drug-likeness (QED) is 0.835. The van der Waals surface area contributed by atoms with E-state index in [0.717, 1.165) is 37.5 Å². The van der Waals surface area contributed by atoms with Crippen molar-refractivity contribution in [3.63, 3.8) is 0 Å². The third kappa shape index (κ3) is 2.98. The molecule has 0 spiro atoms. The lowest BCUT2D eigenvalue weighted by Crippen LogP contribution is -2.32. The summed E-state index contributed by atoms with van der Waals surface area (Å²) >= 11 is 0. The predicted octanol–water partition coefficient (Wildman–Crippen LogP) is 1.75. The summed E-state index contributed by atoms with van der Waals surface area (Å²) < 4.78 is 26.7. The summed E-state index contributed by atoms with van der Waals surface area (Å²) in [6, 6.07) is 7.02. The molecule has 0 radical (unpaired) electrons. The molecule has 2 N–H and O–H groups in total. The fourth-order valence-corrected chi connectivity index (χ4v) is 2.77. The molecule has 0 atom stereocenters. The Morgan fingerprint density at radius 3 is 2.18 bits per heavy atom. The van der Waals surface area contributed by atoms with E-state index < -0.39 is 10.1 Å². The van der Waals surface area contributed by atoms with Crippen LogP contribution in [-0.4, -0.2) is 14.7 Å². The average molecular weight is 255 g/mol. The highest BCUT2D eigenvalue weighted by molar-refractivity contribution is 7.86. The van der Waals surface area contributed by atoms with Gasteiger partial charge >= 0.3 is 10.1 Å². The van der Waals surface area contributed by atoms with Crippen LogP contribution in [0.1, 0.15) is 31.2 Å². The van der Waals surface area contributed by atoms with Gasteiger partial charge in [-0.05, 0) is 30.5 Å². The fraction of sp³-hybridized carbons (Fsp3) is 0.500. The van der Waals surface area contributed by atoms with Crippen LogP contribution in [-0.2, 0) is 15.7 Å². The first-order valence-electron chi connectivity index (χ1n) is 5.68. The molecule has 0 amide bonds. The SMILES string of the molecule is CS(=O)(=O)Oc1ccc(C2(N)CCCC2)cc1. The van der Waals surface area contributed by atoms with Gasteiger partial charge in [0.1, 0.15) is 5.75 Å². The van der Waals surface area contributed by atoms with E-state index in [1.165, 1.54) is 0 Å². The van der Waals surface area contributed by atoms with E-state index in [2.05, 4.69) is 0 Å². The Morgan fingerprint density at radius 2 is 1.71 bits per heavy atom. The molecule has 94 valence electrons. The van der Waals surface area contributed by atoms with Gasteiger partial charge in [0.2, 0.25) is 0 Å². The number of benzene rings is 1. The Hall–Kier alpha value is -1.07. The Kier molecular flexibility index (Phi) is 3.14. The zero-order valence-electron chi connectivity index (χ0n) is 9.85. The Balaban J connectivity index is 2.18. The van der Waals surface area contributed by atoms with Crippen molar-refractivity contribution in [3.05, 3.63) is 29.8 Å². The first-order chi connectivity index (χ1) is 7.89. The van der Waals surface area contributed by atoms with Gasteiger partial charge in [0.05, 0.1) is 6.26 Å². The lowest BCUT2D eigenvalue weighted by Gasteiger charge is -2.24. The minimum atomic E-state index is -3.46. The standard InChI is InChI=1S/C12H17NO3S/c1-17(14,15)16-11-6-4-10(5-7-11)12(13)8-2-3-9-12/h4-7H,2-3,8-9,13H2,1H3. The molecule has 1 aliphatic rings. The van der Waals surface area contributed by atoms with Crippen molar-refractivity contribution in [1.29, 1.82) is 0 Å². The van der Waals surface area contributed by atoms with Crippen molar-refractivity contribution in [1.82, 2.24) is 0 Å². The van der Waals surface area contributed by atoms with Gasteiger partial charge in [0.15, 0.2) is 0 Å². The Labute approximate surface area is 102 Å². The van der Waals surface area contributed by atoms with Crippen LogP contribution in [0.15, 0.2) is 24.3 Å². The maximum atomic E-state index is 11.0. The van der Waals surface area contributed by atoms with Gasteiger partial charge in [-0.3, -0.25) is 0 Å². The summed E-state index contributed by atoms with van der Waals surface area (Å²) in [5.74, 6) is 0.331. The third-order valence-corrected chi connectivity index (χ3v) is 3.67. The highest BCUT2D eigenvalue weighted by atomic mass is 32.2. The van der Waals surface area contributed by atoms with E-state index in [4.69, 9.17) is 9.92 Å². The Morgan fingerprint density at radius 1 is 1.18 bits per heavy atom. The lowest BCUT2D eigenvalue weighted by atomic mass is 9.89. The second-order valence-electron chi connectivity index (χ2n) is 4.68. The van der Waals surface area contributed by atoms with Crippen LogP contribution in [0.5, 0.6) is 5.75 Å². The highest BCUT2D eigenvalue weighted by Crippen LogP contribution is 2.36. The minimum absolute atomic E-state index is 0.246. The van der Waals surface area contributed by atoms with Crippen LogP contribution in [0.25, 0.3) is 0 Å². The number of nitrogens with two attached hydrogens (primary N) is 1. The van der Waals surface area contributed by atoms with Crippen molar-refractivity contribution in [3.8, 4) is 5.75 Å². The molecule has 0 saturated heterocycles. The van der Waals surface area contributed by atoms with Gasteiger partial charge in [-0.1, -0.05) is 25.0 Å². The first kappa shape index (κ1) is 12.4. The second kappa shape index (κ2) is 4.31. The maximum Gasteiger partial charge on any atom is 0.306 e. The van der Waals surface area contributed by atoms with Gasteiger partial charge in [0, 0.05) is 5.54 Å². The summed E-state index contributed by atoms with van der Waals surface area (Å²) in [6.45, 7) is 0. The van der Waals surface area contributed by atoms with Gasteiger partial charge in [0.25, 0.3) is 0 Å². The molecule has 17 heavy (non-hydrogen) atoms.